The van der Waals surface area contributed by atoms with Crippen LogP contribution in [0.1, 0.15) is 35.3 Å². The third-order valence-corrected chi connectivity index (χ3v) is 7.88. The van der Waals surface area contributed by atoms with Gasteiger partial charge in [0.1, 0.15) is 11.4 Å². The summed E-state index contributed by atoms with van der Waals surface area (Å²) >= 11 is 0. The van der Waals surface area contributed by atoms with Gasteiger partial charge in [0.2, 0.25) is 11.7 Å². The molecule has 0 unspecified atom stereocenters. The van der Waals surface area contributed by atoms with Gasteiger partial charge in [-0.1, -0.05) is 6.07 Å². The number of fused-ring (bicyclic) bond motifs is 2. The number of hydrogen-bond acceptors (Lipinski definition) is 9. The van der Waals surface area contributed by atoms with Crippen LogP contribution in [0.3, 0.4) is 0 Å². The Morgan fingerprint density at radius 2 is 2.03 bits per heavy atom. The fourth-order valence-corrected chi connectivity index (χ4v) is 6.25. The van der Waals surface area contributed by atoms with Crippen LogP contribution in [-0.4, -0.2) is 62.1 Å². The zero-order chi connectivity index (χ0) is 28.8. The summed E-state index contributed by atoms with van der Waals surface area (Å²) < 4.78 is 97.4. The van der Waals surface area contributed by atoms with Crippen molar-refractivity contribution in [2.75, 3.05) is 12.3 Å². The Balaban J connectivity index is 1.66. The molecule has 2 saturated heterocycles. The first-order valence-corrected chi connectivity index (χ1v) is 11.9. The Hall–Kier alpha value is -3.30. The fourth-order valence-electron chi connectivity index (χ4n) is 4.69. The summed E-state index contributed by atoms with van der Waals surface area (Å²) in [5, 5.41) is 0. The number of nitrogens with zero attached hydrogens (tertiary/aromatic N) is 5. The molecule has 0 radical (unpaired) electrons. The van der Waals surface area contributed by atoms with Gasteiger partial charge in [-0.2, -0.15) is 23.1 Å². The number of ether oxygens (including phenoxy) is 1. The Bertz CT molecular complexity index is 1620. The highest BCUT2D eigenvalue weighted by Crippen LogP contribution is 2.56. The summed E-state index contributed by atoms with van der Waals surface area (Å²) in [6.45, 7) is 0.159. The molecule has 3 aromatic rings. The molecule has 0 amide bonds. The van der Waals surface area contributed by atoms with Crippen LogP contribution in [0.2, 0.25) is 0 Å². The maximum atomic E-state index is 13.7. The lowest BCUT2D eigenvalue weighted by atomic mass is 9.70. The molecule has 1 saturated carbocycles. The van der Waals surface area contributed by atoms with Crippen LogP contribution in [0.15, 0.2) is 29.3 Å². The van der Waals surface area contributed by atoms with Gasteiger partial charge in [-0.05, 0) is 42.9 Å². The van der Waals surface area contributed by atoms with E-state index in [1.54, 1.807) is 13.8 Å². The highest BCUT2D eigenvalue weighted by atomic mass is 32.2. The van der Waals surface area contributed by atoms with Gasteiger partial charge in [0.25, 0.3) is 10.0 Å². The van der Waals surface area contributed by atoms with Gasteiger partial charge < -0.3 is 15.3 Å². The van der Waals surface area contributed by atoms with Crippen molar-refractivity contribution in [3.8, 4) is 11.3 Å². The Morgan fingerprint density at radius 1 is 1.31 bits per heavy atom. The van der Waals surface area contributed by atoms with E-state index in [0.29, 0.717) is 0 Å². The summed E-state index contributed by atoms with van der Waals surface area (Å²) in [5.41, 5.74) is 3.02. The molecule has 15 heteroatoms. The molecule has 1 aromatic carbocycles. The molecule has 4 heterocycles. The Morgan fingerprint density at radius 3 is 2.64 bits per heavy atom. The van der Waals surface area contributed by atoms with E-state index >= 15 is 0 Å². The molecule has 0 atom stereocenters. The molecule has 0 spiro atoms. The zero-order valence-corrected chi connectivity index (χ0v) is 19.6. The lowest BCUT2D eigenvalue weighted by molar-refractivity contribution is -0.238. The summed E-state index contributed by atoms with van der Waals surface area (Å²) in [6, 6.07) is 2.85. The number of hydroxylamine groups is 1. The van der Waals surface area contributed by atoms with Gasteiger partial charge in [-0.15, -0.1) is 0 Å². The number of aromatic nitrogens is 4. The van der Waals surface area contributed by atoms with E-state index in [4.69, 9.17) is 14.6 Å². The third-order valence-electron chi connectivity index (χ3n) is 6.14. The van der Waals surface area contributed by atoms with Crippen molar-refractivity contribution in [2.45, 2.75) is 55.8 Å². The normalized spacial score (nSPS) is 25.3. The molecule has 1 aliphatic carbocycles. The van der Waals surface area contributed by atoms with E-state index < -0.39 is 45.1 Å². The number of nitrogens with two attached hydrogens (primary N) is 1. The predicted molar refractivity (Wildman–Crippen MR) is 118 cm³/mol. The molecule has 3 aliphatic rings. The number of hydrogen-bond donors (Lipinski definition) is 1. The minimum Gasteiger partial charge on any atom is -0.373 e. The lowest BCUT2D eigenvalue weighted by Gasteiger charge is -2.46. The molecular formula is C21H21F3N6O5S. The van der Waals surface area contributed by atoms with Crippen LogP contribution in [0.4, 0.5) is 19.1 Å². The number of aryl methyl sites for hydroxylation is 2. The van der Waals surface area contributed by atoms with Crippen LogP contribution in [0, 0.1) is 13.8 Å². The molecule has 2 N–H and O–H groups in total. The minimum absolute atomic E-state index is 0.0194. The summed E-state index contributed by atoms with van der Waals surface area (Å²) in [5.74, 6) is -2.42. The SMILES string of the molecule is [2H]C([2H])([2H])c1ccc(S(=O)(=O)N(OC(=O)C(F)(F)F)C23COC(C)(C2)C3)cc1-c1cn2c(N)nc(C)nc2n1. The first kappa shape index (κ1) is 20.8. The van der Waals surface area contributed by atoms with E-state index in [2.05, 4.69) is 19.8 Å². The van der Waals surface area contributed by atoms with E-state index in [1.807, 2.05) is 0 Å². The van der Waals surface area contributed by atoms with Crippen molar-refractivity contribution in [2.24, 2.45) is 0 Å². The predicted octanol–water partition coefficient (Wildman–Crippen LogP) is 2.32. The van der Waals surface area contributed by atoms with Crippen LogP contribution in [0.5, 0.6) is 0 Å². The quantitative estimate of drug-likeness (QED) is 0.493. The molecule has 2 bridgehead atoms. The standard InChI is InChI=1S/C21H21F3N6O5S/c1-11-4-5-13(6-14(11)15-7-29-17(25)26-12(2)27-18(29)28-15)36(32,33)30(35-16(31)21(22,23)24)20-8-19(3,9-20)34-10-20/h4-7H,8-10H2,1-3H3,(H2,25,26,27,28)/i1D3. The van der Waals surface area contributed by atoms with E-state index in [0.717, 1.165) is 18.2 Å². The van der Waals surface area contributed by atoms with Gasteiger partial charge >= 0.3 is 12.1 Å². The maximum Gasteiger partial charge on any atom is 0.492 e. The molecule has 6 rings (SSSR count). The van der Waals surface area contributed by atoms with Crippen LogP contribution >= 0.6 is 0 Å². The second-order valence-electron chi connectivity index (χ2n) is 9.06. The number of benzene rings is 1. The van der Waals surface area contributed by atoms with Crippen molar-refractivity contribution in [1.82, 2.24) is 23.8 Å². The number of alkyl halides is 3. The average molecular weight is 530 g/mol. The second kappa shape index (κ2) is 7.60. The van der Waals surface area contributed by atoms with Crippen molar-refractivity contribution in [3.05, 3.63) is 35.8 Å². The molecule has 192 valence electrons. The van der Waals surface area contributed by atoms with Gasteiger partial charge in [0, 0.05) is 28.7 Å². The van der Waals surface area contributed by atoms with Crippen molar-refractivity contribution in [3.63, 3.8) is 0 Å². The van der Waals surface area contributed by atoms with Crippen LogP contribution in [-0.2, 0) is 24.4 Å². The molecule has 11 nitrogen and oxygen atoms in total. The van der Waals surface area contributed by atoms with Gasteiger partial charge in [-0.3, -0.25) is 4.40 Å². The molecular weight excluding hydrogens is 505 g/mol. The number of rotatable bonds is 5. The monoisotopic (exact) mass is 529 g/mol. The number of nitrogen functional groups attached to an aromatic ring is 1. The third kappa shape index (κ3) is 3.77. The molecule has 36 heavy (non-hydrogen) atoms. The number of anilines is 1. The first-order chi connectivity index (χ1) is 17.8. The topological polar surface area (TPSA) is 142 Å². The van der Waals surface area contributed by atoms with Gasteiger partial charge in [0.05, 0.1) is 22.8 Å². The van der Waals surface area contributed by atoms with Crippen molar-refractivity contribution < 1.29 is 40.1 Å². The van der Waals surface area contributed by atoms with E-state index in [1.165, 1.54) is 10.6 Å². The largest absolute Gasteiger partial charge is 0.492 e. The number of imidazole rings is 1. The van der Waals surface area contributed by atoms with Crippen LogP contribution in [0.25, 0.3) is 17.0 Å². The zero-order valence-electron chi connectivity index (χ0n) is 21.8. The Kier molecular flexibility index (Phi) is 4.40. The van der Waals surface area contributed by atoms with Crippen molar-refractivity contribution in [1.29, 1.82) is 0 Å². The van der Waals surface area contributed by atoms with Crippen molar-refractivity contribution >= 4 is 27.7 Å². The second-order valence-corrected chi connectivity index (χ2v) is 10.8. The smallest absolute Gasteiger partial charge is 0.373 e. The molecule has 3 fully saturated rings. The van der Waals surface area contributed by atoms with E-state index in [9.17, 15) is 26.4 Å². The number of carbonyl (C=O) groups excluding carboxylic acids is 1. The minimum atomic E-state index is -5.48. The lowest BCUT2D eigenvalue weighted by Crippen LogP contribution is -2.61. The molecule has 2 aromatic heterocycles. The molecule has 2 aliphatic heterocycles. The first-order valence-electron chi connectivity index (χ1n) is 12.0. The highest BCUT2D eigenvalue weighted by Gasteiger charge is 2.67. The van der Waals surface area contributed by atoms with Gasteiger partial charge in [-0.25, -0.2) is 18.2 Å². The summed E-state index contributed by atoms with van der Waals surface area (Å²) in [6.07, 6.45) is -4.22. The highest BCUT2D eigenvalue weighted by molar-refractivity contribution is 7.89. The Labute approximate surface area is 207 Å². The number of carbonyl (C=O) groups is 1. The number of halogens is 3. The maximum absolute atomic E-state index is 13.7. The van der Waals surface area contributed by atoms with Gasteiger partial charge in [0.15, 0.2) is 0 Å². The van der Waals surface area contributed by atoms with E-state index in [-0.39, 0.29) is 58.3 Å². The summed E-state index contributed by atoms with van der Waals surface area (Å²) in [7, 11) is -4.99. The fraction of sp³-hybridized carbons (Fsp3) is 0.429. The number of sulfonamides is 1. The van der Waals surface area contributed by atoms with Crippen LogP contribution < -0.4 is 5.73 Å². The summed E-state index contributed by atoms with van der Waals surface area (Å²) in [4.78, 5) is 28.0. The average Bonchev–Trinajstić information content (AvgIpc) is 3.46.